The summed E-state index contributed by atoms with van der Waals surface area (Å²) in [4.78, 5) is 16.7. The van der Waals surface area contributed by atoms with Crippen LogP contribution in [0.1, 0.15) is 27.5 Å². The van der Waals surface area contributed by atoms with Crippen LogP contribution in [0.2, 0.25) is 0 Å². The van der Waals surface area contributed by atoms with Gasteiger partial charge in [-0.05, 0) is 29.3 Å². The summed E-state index contributed by atoms with van der Waals surface area (Å²) in [7, 11) is 0. The van der Waals surface area contributed by atoms with E-state index in [1.54, 1.807) is 12.1 Å². The number of nitrogens with one attached hydrogen (secondary N) is 1. The predicted molar refractivity (Wildman–Crippen MR) is 97.1 cm³/mol. The van der Waals surface area contributed by atoms with Crippen LogP contribution in [0.25, 0.3) is 0 Å². The first-order chi connectivity index (χ1) is 12.7. The van der Waals surface area contributed by atoms with Crippen molar-refractivity contribution in [1.82, 2.24) is 10.3 Å². The lowest BCUT2D eigenvalue weighted by molar-refractivity contribution is 0.0858. The summed E-state index contributed by atoms with van der Waals surface area (Å²) in [5, 5.41) is 13.2. The molecule has 2 atom stereocenters. The molecular weight excluding hydrogens is 328 g/mol. The number of ether oxygens (including phenoxy) is 1. The number of carbonyl (C=O) groups is 1. The van der Waals surface area contributed by atoms with Gasteiger partial charge in [0.05, 0.1) is 17.7 Å². The Bertz CT molecular complexity index is 910. The van der Waals surface area contributed by atoms with E-state index in [4.69, 9.17) is 4.74 Å². The van der Waals surface area contributed by atoms with Gasteiger partial charge in [0.15, 0.2) is 0 Å². The molecule has 5 nitrogen and oxygen atoms in total. The van der Waals surface area contributed by atoms with Crippen molar-refractivity contribution < 1.29 is 14.6 Å². The number of para-hydroxylation sites is 1. The Kier molecular flexibility index (Phi) is 4.37. The van der Waals surface area contributed by atoms with Crippen LogP contribution in [0.4, 0.5) is 0 Å². The van der Waals surface area contributed by atoms with Gasteiger partial charge in [-0.2, -0.15) is 0 Å². The van der Waals surface area contributed by atoms with E-state index in [-0.39, 0.29) is 5.91 Å². The van der Waals surface area contributed by atoms with Crippen LogP contribution >= 0.6 is 0 Å². The Morgan fingerprint density at radius 2 is 1.81 bits per heavy atom. The van der Waals surface area contributed by atoms with Gasteiger partial charge in [0, 0.05) is 18.7 Å². The fourth-order valence-electron chi connectivity index (χ4n) is 3.16. The normalized spacial score (nSPS) is 18.2. The van der Waals surface area contributed by atoms with Gasteiger partial charge in [-0.15, -0.1) is 0 Å². The Hall–Kier alpha value is -3.18. The highest BCUT2D eigenvalue weighted by Gasteiger charge is 2.32. The number of aliphatic hydroxyl groups excluding tert-OH is 1. The molecule has 1 aliphatic carbocycles. The van der Waals surface area contributed by atoms with Gasteiger partial charge in [-0.3, -0.25) is 4.79 Å². The Labute approximate surface area is 151 Å². The highest BCUT2D eigenvalue weighted by atomic mass is 16.5. The molecule has 1 aliphatic rings. The SMILES string of the molecule is O=C(N[C@H]1c2ccccc2C[C@H]1O)c1ccc(Oc2ccccc2)nc1. The van der Waals surface area contributed by atoms with Crippen LogP contribution in [0, 0.1) is 0 Å². The second kappa shape index (κ2) is 6.98. The number of rotatable bonds is 4. The third-order valence-electron chi connectivity index (χ3n) is 4.45. The standard InChI is InChI=1S/C21H18N2O3/c24-18-12-14-6-4-5-9-17(14)20(18)23-21(25)15-10-11-19(22-13-15)26-16-7-2-1-3-8-16/h1-11,13,18,20,24H,12H2,(H,23,25)/t18-,20+/m1/s1. The molecule has 0 radical (unpaired) electrons. The van der Waals surface area contributed by atoms with Gasteiger partial charge in [0.25, 0.3) is 5.91 Å². The Morgan fingerprint density at radius 1 is 1.04 bits per heavy atom. The molecule has 4 rings (SSSR count). The van der Waals surface area contributed by atoms with Gasteiger partial charge in [-0.1, -0.05) is 42.5 Å². The Morgan fingerprint density at radius 3 is 2.58 bits per heavy atom. The number of hydrogen-bond acceptors (Lipinski definition) is 4. The van der Waals surface area contributed by atoms with Crippen molar-refractivity contribution in [2.75, 3.05) is 0 Å². The summed E-state index contributed by atoms with van der Waals surface area (Å²) in [5.74, 6) is 0.825. The summed E-state index contributed by atoms with van der Waals surface area (Å²) in [6.45, 7) is 0. The molecule has 1 aromatic heterocycles. The van der Waals surface area contributed by atoms with E-state index < -0.39 is 12.1 Å². The fraction of sp³-hybridized carbons (Fsp3) is 0.143. The molecule has 0 fully saturated rings. The van der Waals surface area contributed by atoms with Gasteiger partial charge in [-0.25, -0.2) is 4.98 Å². The first-order valence-electron chi connectivity index (χ1n) is 8.46. The topological polar surface area (TPSA) is 71.5 Å². The number of fused-ring (bicyclic) bond motifs is 1. The molecule has 1 amide bonds. The van der Waals surface area contributed by atoms with Crippen LogP contribution in [-0.2, 0) is 6.42 Å². The molecule has 2 N–H and O–H groups in total. The third-order valence-corrected chi connectivity index (χ3v) is 4.45. The maximum atomic E-state index is 12.5. The molecule has 0 unspecified atom stereocenters. The molecule has 5 heteroatoms. The van der Waals surface area contributed by atoms with Crippen molar-refractivity contribution >= 4 is 5.91 Å². The van der Waals surface area contributed by atoms with E-state index in [1.165, 1.54) is 6.20 Å². The number of aromatic nitrogens is 1. The van der Waals surface area contributed by atoms with Crippen LogP contribution in [0.3, 0.4) is 0 Å². The zero-order chi connectivity index (χ0) is 17.9. The molecule has 130 valence electrons. The van der Waals surface area contributed by atoms with Crippen molar-refractivity contribution in [3.63, 3.8) is 0 Å². The number of nitrogens with zero attached hydrogens (tertiary/aromatic N) is 1. The first kappa shape index (κ1) is 16.3. The largest absolute Gasteiger partial charge is 0.439 e. The van der Waals surface area contributed by atoms with Crippen LogP contribution in [-0.4, -0.2) is 22.1 Å². The third kappa shape index (κ3) is 3.30. The molecule has 3 aromatic rings. The zero-order valence-electron chi connectivity index (χ0n) is 14.0. The van der Waals surface area contributed by atoms with Crippen molar-refractivity contribution in [2.45, 2.75) is 18.6 Å². The molecule has 1 heterocycles. The minimum Gasteiger partial charge on any atom is -0.439 e. The summed E-state index contributed by atoms with van der Waals surface area (Å²) in [6, 6.07) is 20.0. The van der Waals surface area contributed by atoms with E-state index in [2.05, 4.69) is 10.3 Å². The van der Waals surface area contributed by atoms with E-state index in [0.29, 0.717) is 23.6 Å². The lowest BCUT2D eigenvalue weighted by Gasteiger charge is -2.18. The van der Waals surface area contributed by atoms with Gasteiger partial charge in [0.1, 0.15) is 5.75 Å². The average Bonchev–Trinajstić information content (AvgIpc) is 2.98. The molecule has 2 aromatic carbocycles. The summed E-state index contributed by atoms with van der Waals surface area (Å²) >= 11 is 0. The number of pyridine rings is 1. The van der Waals surface area contributed by atoms with E-state index in [1.807, 2.05) is 54.6 Å². The monoisotopic (exact) mass is 346 g/mol. The Balaban J connectivity index is 1.45. The first-order valence-corrected chi connectivity index (χ1v) is 8.46. The molecular formula is C21H18N2O3. The van der Waals surface area contributed by atoms with Crippen molar-refractivity contribution in [1.29, 1.82) is 0 Å². The van der Waals surface area contributed by atoms with Gasteiger partial charge >= 0.3 is 0 Å². The number of carbonyl (C=O) groups excluding carboxylic acids is 1. The van der Waals surface area contributed by atoms with Gasteiger partial charge < -0.3 is 15.2 Å². The maximum Gasteiger partial charge on any atom is 0.253 e. The van der Waals surface area contributed by atoms with Crippen molar-refractivity contribution in [2.24, 2.45) is 0 Å². The predicted octanol–water partition coefficient (Wildman–Crippen LogP) is 3.26. The van der Waals surface area contributed by atoms with Crippen LogP contribution in [0.5, 0.6) is 11.6 Å². The van der Waals surface area contributed by atoms with Crippen LogP contribution < -0.4 is 10.1 Å². The fourth-order valence-corrected chi connectivity index (χ4v) is 3.16. The van der Waals surface area contributed by atoms with Crippen LogP contribution in [0.15, 0.2) is 72.9 Å². The minimum absolute atomic E-state index is 0.274. The van der Waals surface area contributed by atoms with Crippen molar-refractivity contribution in [3.05, 3.63) is 89.6 Å². The quantitative estimate of drug-likeness (QED) is 0.761. The van der Waals surface area contributed by atoms with Crippen molar-refractivity contribution in [3.8, 4) is 11.6 Å². The van der Waals surface area contributed by atoms with E-state index in [9.17, 15) is 9.90 Å². The summed E-state index contributed by atoms with van der Waals surface area (Å²) < 4.78 is 5.63. The minimum atomic E-state index is -0.620. The number of benzene rings is 2. The lowest BCUT2D eigenvalue weighted by Crippen LogP contribution is -2.33. The molecule has 0 saturated carbocycles. The highest BCUT2D eigenvalue weighted by molar-refractivity contribution is 5.94. The highest BCUT2D eigenvalue weighted by Crippen LogP contribution is 2.31. The molecule has 0 spiro atoms. The van der Waals surface area contributed by atoms with E-state index >= 15 is 0 Å². The smallest absolute Gasteiger partial charge is 0.253 e. The maximum absolute atomic E-state index is 12.5. The number of amides is 1. The van der Waals surface area contributed by atoms with Gasteiger partial charge in [0.2, 0.25) is 5.88 Å². The summed E-state index contributed by atoms with van der Waals surface area (Å²) in [6.07, 6.45) is 1.40. The summed E-state index contributed by atoms with van der Waals surface area (Å²) in [5.41, 5.74) is 2.45. The number of hydrogen-bond donors (Lipinski definition) is 2. The van der Waals surface area contributed by atoms with E-state index in [0.717, 1.165) is 11.1 Å². The second-order valence-corrected chi connectivity index (χ2v) is 6.22. The molecule has 26 heavy (non-hydrogen) atoms. The average molecular weight is 346 g/mol. The second-order valence-electron chi connectivity index (χ2n) is 6.22. The zero-order valence-corrected chi connectivity index (χ0v) is 14.0. The lowest BCUT2D eigenvalue weighted by atomic mass is 10.1. The number of aliphatic hydroxyl groups is 1. The molecule has 0 bridgehead atoms. The molecule has 0 saturated heterocycles. The molecule has 0 aliphatic heterocycles.